The summed E-state index contributed by atoms with van der Waals surface area (Å²) in [7, 11) is 0. The fourth-order valence-electron chi connectivity index (χ4n) is 2.18. The van der Waals surface area contributed by atoms with Crippen LogP contribution in [0.2, 0.25) is 0 Å². The fourth-order valence-corrected chi connectivity index (χ4v) is 2.18. The molecule has 0 radical (unpaired) electrons. The molecule has 1 amide bonds. The van der Waals surface area contributed by atoms with Crippen LogP contribution in [-0.4, -0.2) is 27.7 Å². The summed E-state index contributed by atoms with van der Waals surface area (Å²) in [4.78, 5) is 12.9. The number of amides is 1. The first-order chi connectivity index (χ1) is 9.36. The molecule has 1 atom stereocenters. The molecule has 0 unspecified atom stereocenters. The number of carboxylic acid groups (broad SMARTS) is 1. The Balaban J connectivity index is 3.08. The number of nitriles is 1. The maximum atomic E-state index is 11.6. The minimum absolute atomic E-state index is 0.366. The van der Waals surface area contributed by atoms with Gasteiger partial charge in [-0.25, -0.2) is 4.79 Å². The van der Waals surface area contributed by atoms with Crippen molar-refractivity contribution in [3.8, 4) is 6.07 Å². The Morgan fingerprint density at radius 3 is 2.45 bits per heavy atom. The van der Waals surface area contributed by atoms with Crippen molar-refractivity contribution in [2.75, 3.05) is 0 Å². The molecule has 0 fully saturated rings. The monoisotopic (exact) mass is 272 g/mol. The molecule has 20 heavy (non-hydrogen) atoms. The maximum absolute atomic E-state index is 11.6. The minimum atomic E-state index is -0.985. The summed E-state index contributed by atoms with van der Waals surface area (Å²) in [6.07, 6.45) is 2.55. The van der Waals surface area contributed by atoms with Crippen LogP contribution in [0.25, 0.3) is 0 Å². The highest BCUT2D eigenvalue weighted by Crippen LogP contribution is 2.21. The van der Waals surface area contributed by atoms with E-state index in [1.807, 2.05) is 57.2 Å². The molecule has 1 rings (SSSR count). The van der Waals surface area contributed by atoms with Gasteiger partial charge in [-0.05, 0) is 32.8 Å². The number of hydrogen-bond donors (Lipinski definition) is 1. The second kappa shape index (κ2) is 6.76. The van der Waals surface area contributed by atoms with E-state index in [4.69, 9.17) is 5.26 Å². The largest absolute Gasteiger partial charge is 0.465 e. The van der Waals surface area contributed by atoms with Gasteiger partial charge in [-0.15, -0.1) is 0 Å². The van der Waals surface area contributed by atoms with Crippen molar-refractivity contribution in [1.29, 1.82) is 5.26 Å². The zero-order chi connectivity index (χ0) is 15.2. The second-order valence-corrected chi connectivity index (χ2v) is 5.57. The summed E-state index contributed by atoms with van der Waals surface area (Å²) in [5.74, 6) is 0. The highest BCUT2D eigenvalue weighted by atomic mass is 16.4. The summed E-state index contributed by atoms with van der Waals surface area (Å²) in [6, 6.07) is 11.2. The quantitative estimate of drug-likeness (QED) is 0.854. The van der Waals surface area contributed by atoms with Gasteiger partial charge in [-0.2, -0.15) is 5.26 Å². The van der Waals surface area contributed by atoms with E-state index in [-0.39, 0.29) is 6.04 Å². The minimum Gasteiger partial charge on any atom is -0.465 e. The van der Waals surface area contributed by atoms with E-state index < -0.39 is 11.6 Å². The average molecular weight is 272 g/mol. The molecule has 0 saturated carbocycles. The molecule has 0 spiro atoms. The Labute approximate surface area is 119 Å². The summed E-state index contributed by atoms with van der Waals surface area (Å²) in [6.45, 7) is 5.54. The van der Waals surface area contributed by atoms with Crippen molar-refractivity contribution in [2.45, 2.75) is 38.8 Å². The molecule has 0 aliphatic heterocycles. The van der Waals surface area contributed by atoms with Gasteiger partial charge < -0.3 is 5.11 Å². The third-order valence-corrected chi connectivity index (χ3v) is 2.94. The summed E-state index contributed by atoms with van der Waals surface area (Å²) >= 11 is 0. The molecule has 1 aromatic carbocycles. The molecule has 106 valence electrons. The smallest absolute Gasteiger partial charge is 0.408 e. The van der Waals surface area contributed by atoms with Gasteiger partial charge in [-0.1, -0.05) is 36.4 Å². The van der Waals surface area contributed by atoms with Gasteiger partial charge in [0.25, 0.3) is 0 Å². The van der Waals surface area contributed by atoms with Crippen LogP contribution in [0.4, 0.5) is 4.79 Å². The van der Waals surface area contributed by atoms with E-state index in [9.17, 15) is 9.90 Å². The number of hydrogen-bond acceptors (Lipinski definition) is 2. The van der Waals surface area contributed by atoms with E-state index in [1.165, 1.54) is 11.0 Å². The van der Waals surface area contributed by atoms with Gasteiger partial charge in [0.1, 0.15) is 0 Å². The Kier molecular flexibility index (Phi) is 5.33. The van der Waals surface area contributed by atoms with Gasteiger partial charge in [0.15, 0.2) is 0 Å². The van der Waals surface area contributed by atoms with E-state index in [0.717, 1.165) is 5.56 Å². The first-order valence-corrected chi connectivity index (χ1v) is 6.48. The van der Waals surface area contributed by atoms with Crippen LogP contribution < -0.4 is 0 Å². The predicted octanol–water partition coefficient (Wildman–Crippen LogP) is 3.46. The fraction of sp³-hybridized carbons (Fsp3) is 0.375. The topological polar surface area (TPSA) is 64.3 Å². The van der Waals surface area contributed by atoms with Crippen LogP contribution in [0.3, 0.4) is 0 Å². The molecular weight excluding hydrogens is 252 g/mol. The summed E-state index contributed by atoms with van der Waals surface area (Å²) < 4.78 is 0. The molecule has 4 heteroatoms. The van der Waals surface area contributed by atoms with E-state index in [2.05, 4.69) is 0 Å². The molecule has 0 aromatic heterocycles. The molecule has 0 bridgehead atoms. The lowest BCUT2D eigenvalue weighted by atomic mass is 9.98. The molecule has 0 heterocycles. The lowest BCUT2D eigenvalue weighted by Crippen LogP contribution is -2.51. The summed E-state index contributed by atoms with van der Waals surface area (Å²) in [5.41, 5.74) is 0.501. The van der Waals surface area contributed by atoms with Crippen molar-refractivity contribution >= 4 is 6.09 Å². The van der Waals surface area contributed by atoms with Crippen molar-refractivity contribution in [2.24, 2.45) is 0 Å². The SMILES string of the molecule is CC(C)(C)N(C(=O)O)[C@@H](C=CC#N)Cc1ccccc1. The lowest BCUT2D eigenvalue weighted by Gasteiger charge is -2.38. The predicted molar refractivity (Wildman–Crippen MR) is 78.3 cm³/mol. The van der Waals surface area contributed by atoms with Crippen molar-refractivity contribution in [1.82, 2.24) is 4.90 Å². The Morgan fingerprint density at radius 1 is 1.40 bits per heavy atom. The zero-order valence-corrected chi connectivity index (χ0v) is 12.1. The number of benzene rings is 1. The Hall–Kier alpha value is -2.28. The number of nitrogens with zero attached hydrogens (tertiary/aromatic N) is 2. The van der Waals surface area contributed by atoms with Crippen LogP contribution in [0.5, 0.6) is 0 Å². The Morgan fingerprint density at radius 2 is 2.00 bits per heavy atom. The molecule has 0 aliphatic rings. The first kappa shape index (κ1) is 15.8. The van der Waals surface area contributed by atoms with E-state index in [0.29, 0.717) is 6.42 Å². The molecule has 0 saturated heterocycles. The highest BCUT2D eigenvalue weighted by Gasteiger charge is 2.31. The molecule has 0 aliphatic carbocycles. The van der Waals surface area contributed by atoms with Gasteiger partial charge >= 0.3 is 6.09 Å². The van der Waals surface area contributed by atoms with Crippen molar-refractivity contribution in [3.05, 3.63) is 48.0 Å². The van der Waals surface area contributed by atoms with Gasteiger partial charge in [-0.3, -0.25) is 4.90 Å². The van der Waals surface area contributed by atoms with Crippen LogP contribution in [0.15, 0.2) is 42.5 Å². The summed E-state index contributed by atoms with van der Waals surface area (Å²) in [5, 5.41) is 18.2. The van der Waals surface area contributed by atoms with Crippen molar-refractivity contribution < 1.29 is 9.90 Å². The van der Waals surface area contributed by atoms with Crippen LogP contribution >= 0.6 is 0 Å². The van der Waals surface area contributed by atoms with Crippen molar-refractivity contribution in [3.63, 3.8) is 0 Å². The molecule has 1 N–H and O–H groups in total. The average Bonchev–Trinajstić information content (AvgIpc) is 2.35. The standard InChI is InChI=1S/C16H20N2O2/c1-16(2,3)18(15(19)20)14(10-7-11-17)12-13-8-5-4-6-9-13/h4-10,14H,12H2,1-3H3,(H,19,20)/t14-/m0/s1. The second-order valence-electron chi connectivity index (χ2n) is 5.57. The first-order valence-electron chi connectivity index (χ1n) is 6.48. The molecule has 1 aromatic rings. The zero-order valence-electron chi connectivity index (χ0n) is 12.1. The van der Waals surface area contributed by atoms with Crippen LogP contribution in [0, 0.1) is 11.3 Å². The number of rotatable bonds is 4. The molecular formula is C16H20N2O2. The van der Waals surface area contributed by atoms with E-state index in [1.54, 1.807) is 6.08 Å². The lowest BCUT2D eigenvalue weighted by molar-refractivity contribution is 0.0832. The van der Waals surface area contributed by atoms with Crippen LogP contribution in [0.1, 0.15) is 26.3 Å². The Bertz CT molecular complexity index is 510. The third kappa shape index (κ3) is 4.43. The number of carbonyl (C=O) groups is 1. The normalized spacial score (nSPS) is 12.9. The van der Waals surface area contributed by atoms with Crippen LogP contribution in [-0.2, 0) is 6.42 Å². The number of allylic oxidation sites excluding steroid dienone is 1. The third-order valence-electron chi connectivity index (χ3n) is 2.94. The molecule has 4 nitrogen and oxygen atoms in total. The maximum Gasteiger partial charge on any atom is 0.408 e. The highest BCUT2D eigenvalue weighted by molar-refractivity contribution is 5.67. The van der Waals surface area contributed by atoms with Gasteiger partial charge in [0.2, 0.25) is 0 Å². The van der Waals surface area contributed by atoms with E-state index >= 15 is 0 Å². The van der Waals surface area contributed by atoms with Gasteiger partial charge in [0.05, 0.1) is 12.1 Å². The van der Waals surface area contributed by atoms with Gasteiger partial charge in [0, 0.05) is 11.6 Å².